The lowest BCUT2D eigenvalue weighted by Crippen LogP contribution is -2.50. The zero-order chi connectivity index (χ0) is 16.7. The van der Waals surface area contributed by atoms with Gasteiger partial charge in [-0.3, -0.25) is 4.79 Å². The molecule has 0 bridgehead atoms. The first-order valence-electron chi connectivity index (χ1n) is 9.13. The molecular formula is C19H26N4O. The molecule has 0 radical (unpaired) electrons. The second-order valence-corrected chi connectivity index (χ2v) is 7.14. The van der Waals surface area contributed by atoms with E-state index in [4.69, 9.17) is 4.98 Å². The van der Waals surface area contributed by atoms with Gasteiger partial charge in [-0.15, -0.1) is 0 Å². The molecule has 24 heavy (non-hydrogen) atoms. The molecular weight excluding hydrogens is 300 g/mol. The molecule has 1 atom stereocenters. The molecule has 5 nitrogen and oxygen atoms in total. The average Bonchev–Trinajstić information content (AvgIpc) is 2.97. The van der Waals surface area contributed by atoms with Crippen LogP contribution in [0.2, 0.25) is 0 Å². The van der Waals surface area contributed by atoms with Gasteiger partial charge in [-0.05, 0) is 44.0 Å². The quantitative estimate of drug-likeness (QED) is 0.846. The molecule has 4 rings (SSSR count). The zero-order valence-corrected chi connectivity index (χ0v) is 14.7. The van der Waals surface area contributed by atoms with Gasteiger partial charge in [0.05, 0.1) is 5.69 Å². The van der Waals surface area contributed by atoms with Gasteiger partial charge in [0.1, 0.15) is 5.65 Å². The van der Waals surface area contributed by atoms with Gasteiger partial charge in [-0.25, -0.2) is 4.98 Å². The van der Waals surface area contributed by atoms with E-state index in [-0.39, 0.29) is 5.92 Å². The third kappa shape index (κ3) is 2.71. The number of rotatable bonds is 2. The van der Waals surface area contributed by atoms with Gasteiger partial charge < -0.3 is 14.2 Å². The van der Waals surface area contributed by atoms with E-state index in [1.807, 2.05) is 0 Å². The van der Waals surface area contributed by atoms with E-state index in [2.05, 4.69) is 46.4 Å². The molecule has 1 amide bonds. The van der Waals surface area contributed by atoms with Crippen molar-refractivity contribution in [2.45, 2.75) is 33.1 Å². The first-order chi connectivity index (χ1) is 11.7. The van der Waals surface area contributed by atoms with Crippen LogP contribution in [0, 0.1) is 12.8 Å². The molecule has 0 aromatic carbocycles. The van der Waals surface area contributed by atoms with Gasteiger partial charge >= 0.3 is 0 Å². The number of aryl methyl sites for hydroxylation is 2. The monoisotopic (exact) mass is 326 g/mol. The Morgan fingerprint density at radius 2 is 2.08 bits per heavy atom. The maximum Gasteiger partial charge on any atom is 0.226 e. The first-order valence-corrected chi connectivity index (χ1v) is 9.13. The number of carbonyl (C=O) groups excluding carboxylic acids is 1. The lowest BCUT2D eigenvalue weighted by molar-refractivity contribution is -0.137. The van der Waals surface area contributed by atoms with Crippen molar-refractivity contribution in [3.63, 3.8) is 0 Å². The summed E-state index contributed by atoms with van der Waals surface area (Å²) in [5.41, 5.74) is 4.66. The van der Waals surface area contributed by atoms with Crippen molar-refractivity contribution in [3.8, 4) is 0 Å². The van der Waals surface area contributed by atoms with Crippen LogP contribution in [0.1, 0.15) is 30.3 Å². The minimum absolute atomic E-state index is 0.117. The van der Waals surface area contributed by atoms with Crippen molar-refractivity contribution in [3.05, 3.63) is 35.3 Å². The molecule has 0 saturated carbocycles. The van der Waals surface area contributed by atoms with Crippen molar-refractivity contribution in [1.82, 2.24) is 19.2 Å². The second-order valence-electron chi connectivity index (χ2n) is 7.14. The van der Waals surface area contributed by atoms with Crippen molar-refractivity contribution >= 4 is 11.6 Å². The SMILES string of the molecule is CCN1CCN(C(=O)C2CCc3nc4cc(C)ccn4c3C2)CC1. The molecule has 5 heteroatoms. The Hall–Kier alpha value is -1.88. The van der Waals surface area contributed by atoms with E-state index in [0.717, 1.165) is 57.6 Å². The van der Waals surface area contributed by atoms with Gasteiger partial charge in [-0.1, -0.05) is 6.92 Å². The predicted molar refractivity (Wildman–Crippen MR) is 94.1 cm³/mol. The molecule has 3 heterocycles. The number of likely N-dealkylation sites (N-methyl/N-ethyl adjacent to an activating group) is 1. The summed E-state index contributed by atoms with van der Waals surface area (Å²) in [6, 6.07) is 4.24. The molecule has 2 aromatic heterocycles. The summed E-state index contributed by atoms with van der Waals surface area (Å²) >= 11 is 0. The highest BCUT2D eigenvalue weighted by molar-refractivity contribution is 5.79. The molecule has 1 unspecified atom stereocenters. The van der Waals surface area contributed by atoms with Crippen LogP contribution in [0.5, 0.6) is 0 Å². The minimum Gasteiger partial charge on any atom is -0.340 e. The first kappa shape index (κ1) is 15.6. The van der Waals surface area contributed by atoms with Crippen LogP contribution in [-0.2, 0) is 17.6 Å². The molecule has 1 aliphatic heterocycles. The van der Waals surface area contributed by atoms with Crippen molar-refractivity contribution in [1.29, 1.82) is 0 Å². The lowest BCUT2D eigenvalue weighted by Gasteiger charge is -2.36. The number of aromatic nitrogens is 2. The molecule has 0 spiro atoms. The van der Waals surface area contributed by atoms with Crippen LogP contribution >= 0.6 is 0 Å². The van der Waals surface area contributed by atoms with Gasteiger partial charge in [0.2, 0.25) is 5.91 Å². The topological polar surface area (TPSA) is 40.8 Å². The van der Waals surface area contributed by atoms with E-state index in [1.165, 1.54) is 17.0 Å². The van der Waals surface area contributed by atoms with Crippen LogP contribution in [0.25, 0.3) is 5.65 Å². The molecule has 0 N–H and O–H groups in total. The highest BCUT2D eigenvalue weighted by Crippen LogP contribution is 2.28. The fraction of sp³-hybridized carbons (Fsp3) is 0.579. The summed E-state index contributed by atoms with van der Waals surface area (Å²) in [5.74, 6) is 0.463. The maximum atomic E-state index is 12.9. The van der Waals surface area contributed by atoms with Gasteiger partial charge in [0.25, 0.3) is 0 Å². The Kier molecular flexibility index (Phi) is 4.04. The number of imidazole rings is 1. The Morgan fingerprint density at radius 3 is 2.83 bits per heavy atom. The van der Waals surface area contributed by atoms with E-state index >= 15 is 0 Å². The van der Waals surface area contributed by atoms with E-state index < -0.39 is 0 Å². The smallest absolute Gasteiger partial charge is 0.226 e. The number of fused-ring (bicyclic) bond motifs is 3. The normalized spacial score (nSPS) is 21.9. The second kappa shape index (κ2) is 6.20. The van der Waals surface area contributed by atoms with Crippen molar-refractivity contribution in [2.75, 3.05) is 32.7 Å². The molecule has 2 aliphatic rings. The van der Waals surface area contributed by atoms with Crippen LogP contribution in [0.3, 0.4) is 0 Å². The number of nitrogens with zero attached hydrogens (tertiary/aromatic N) is 4. The summed E-state index contributed by atoms with van der Waals surface area (Å²) in [4.78, 5) is 22.2. The summed E-state index contributed by atoms with van der Waals surface area (Å²) in [7, 11) is 0. The van der Waals surface area contributed by atoms with Gasteiger partial charge in [-0.2, -0.15) is 0 Å². The number of hydrogen-bond acceptors (Lipinski definition) is 3. The number of carbonyl (C=O) groups is 1. The fourth-order valence-corrected chi connectivity index (χ4v) is 4.06. The van der Waals surface area contributed by atoms with Crippen LogP contribution in [0.15, 0.2) is 18.3 Å². The molecule has 128 valence electrons. The summed E-state index contributed by atoms with van der Waals surface area (Å²) in [6.07, 6.45) is 4.78. The molecule has 1 fully saturated rings. The predicted octanol–water partition coefficient (Wildman–Crippen LogP) is 1.91. The number of piperazine rings is 1. The largest absolute Gasteiger partial charge is 0.340 e. The number of hydrogen-bond donors (Lipinski definition) is 0. The summed E-state index contributed by atoms with van der Waals surface area (Å²) in [5, 5.41) is 0. The third-order valence-electron chi connectivity index (χ3n) is 5.61. The van der Waals surface area contributed by atoms with E-state index in [0.29, 0.717) is 5.91 Å². The fourth-order valence-electron chi connectivity index (χ4n) is 4.06. The highest BCUT2D eigenvalue weighted by Gasteiger charge is 2.32. The Labute approximate surface area is 143 Å². The summed E-state index contributed by atoms with van der Waals surface area (Å²) < 4.78 is 2.18. The van der Waals surface area contributed by atoms with Gasteiger partial charge in [0, 0.05) is 50.4 Å². The van der Waals surface area contributed by atoms with E-state index in [1.54, 1.807) is 0 Å². The average molecular weight is 326 g/mol. The number of pyridine rings is 1. The third-order valence-corrected chi connectivity index (χ3v) is 5.61. The van der Waals surface area contributed by atoms with Crippen LogP contribution in [-0.4, -0.2) is 57.8 Å². The zero-order valence-electron chi connectivity index (χ0n) is 14.7. The van der Waals surface area contributed by atoms with Crippen LogP contribution in [0.4, 0.5) is 0 Å². The minimum atomic E-state index is 0.117. The Bertz CT molecular complexity index is 758. The van der Waals surface area contributed by atoms with Crippen LogP contribution < -0.4 is 0 Å². The number of amides is 1. The lowest BCUT2D eigenvalue weighted by atomic mass is 9.88. The maximum absolute atomic E-state index is 12.9. The summed E-state index contributed by atoms with van der Waals surface area (Å²) in [6.45, 7) is 9.13. The Morgan fingerprint density at radius 1 is 1.29 bits per heavy atom. The standard InChI is InChI=1S/C19H26N4O/c1-3-21-8-10-22(11-9-21)19(24)15-4-5-16-17(13-15)23-7-6-14(2)12-18(23)20-16/h6-7,12,15H,3-5,8-11,13H2,1-2H3. The molecule has 1 aliphatic carbocycles. The van der Waals surface area contributed by atoms with Crippen molar-refractivity contribution in [2.24, 2.45) is 5.92 Å². The van der Waals surface area contributed by atoms with Crippen molar-refractivity contribution < 1.29 is 4.79 Å². The Balaban J connectivity index is 1.51. The van der Waals surface area contributed by atoms with E-state index in [9.17, 15) is 4.79 Å². The molecule has 2 aromatic rings. The molecule has 1 saturated heterocycles. The highest BCUT2D eigenvalue weighted by atomic mass is 16.2. The van der Waals surface area contributed by atoms with Gasteiger partial charge in [0.15, 0.2) is 0 Å².